The summed E-state index contributed by atoms with van der Waals surface area (Å²) in [5.74, 6) is 0.190. The Labute approximate surface area is 176 Å². The van der Waals surface area contributed by atoms with Crippen molar-refractivity contribution in [1.82, 2.24) is 15.5 Å². The number of carbonyl (C=O) groups is 3. The van der Waals surface area contributed by atoms with E-state index in [1.807, 2.05) is 6.92 Å². The van der Waals surface area contributed by atoms with Gasteiger partial charge in [-0.2, -0.15) is 0 Å². The molecule has 9 nitrogen and oxygen atoms in total. The van der Waals surface area contributed by atoms with E-state index in [4.69, 9.17) is 9.47 Å². The smallest absolute Gasteiger partial charge is 0.319 e. The zero-order chi connectivity index (χ0) is 21.7. The largest absolute Gasteiger partial charge is 0.490 e. The van der Waals surface area contributed by atoms with Crippen molar-refractivity contribution in [3.05, 3.63) is 23.8 Å². The summed E-state index contributed by atoms with van der Waals surface area (Å²) < 4.78 is 12.0. The maximum atomic E-state index is 13.2. The van der Waals surface area contributed by atoms with Crippen molar-refractivity contribution >= 4 is 23.5 Å². The maximum Gasteiger partial charge on any atom is 0.319 e. The van der Waals surface area contributed by atoms with E-state index in [-0.39, 0.29) is 42.7 Å². The van der Waals surface area contributed by atoms with Gasteiger partial charge in [-0.25, -0.2) is 4.79 Å². The van der Waals surface area contributed by atoms with Gasteiger partial charge in [0.25, 0.3) is 5.91 Å². The fourth-order valence-corrected chi connectivity index (χ4v) is 3.83. The highest BCUT2D eigenvalue weighted by Crippen LogP contribution is 2.32. The summed E-state index contributed by atoms with van der Waals surface area (Å²) in [6.07, 6.45) is 2.05. The van der Waals surface area contributed by atoms with Crippen LogP contribution in [-0.2, 0) is 9.53 Å². The van der Waals surface area contributed by atoms with E-state index >= 15 is 0 Å². The highest BCUT2D eigenvalue weighted by atomic mass is 16.5. The van der Waals surface area contributed by atoms with Crippen LogP contribution < -0.4 is 20.7 Å². The van der Waals surface area contributed by atoms with Crippen molar-refractivity contribution in [3.63, 3.8) is 0 Å². The summed E-state index contributed by atoms with van der Waals surface area (Å²) in [7, 11) is 3.36. The highest BCUT2D eigenvalue weighted by Gasteiger charge is 2.39. The Hall–Kier alpha value is -2.81. The third kappa shape index (κ3) is 5.02. The van der Waals surface area contributed by atoms with E-state index < -0.39 is 0 Å². The molecule has 164 valence electrons. The van der Waals surface area contributed by atoms with Crippen molar-refractivity contribution in [2.24, 2.45) is 0 Å². The van der Waals surface area contributed by atoms with E-state index in [1.165, 1.54) is 0 Å². The first-order valence-corrected chi connectivity index (χ1v) is 10.4. The SMILES string of the molecule is CCCNC(=O)Nc1ccc2c(c1)C(=O)N(C)[C@H]1CC[C@H](CC(=O)NC)O[C@H]1CO2. The van der Waals surface area contributed by atoms with Gasteiger partial charge in [0.2, 0.25) is 5.91 Å². The number of rotatable bonds is 5. The first kappa shape index (κ1) is 21.9. The lowest BCUT2D eigenvalue weighted by molar-refractivity contribution is -0.133. The lowest BCUT2D eigenvalue weighted by atomic mass is 9.94. The van der Waals surface area contributed by atoms with Gasteiger partial charge in [0, 0.05) is 26.3 Å². The van der Waals surface area contributed by atoms with Crippen LogP contribution in [0.5, 0.6) is 5.75 Å². The van der Waals surface area contributed by atoms with Crippen LogP contribution in [0.2, 0.25) is 0 Å². The van der Waals surface area contributed by atoms with Crippen LogP contribution in [0, 0.1) is 0 Å². The monoisotopic (exact) mass is 418 g/mol. The molecule has 4 amide bonds. The third-order valence-electron chi connectivity index (χ3n) is 5.50. The highest BCUT2D eigenvalue weighted by molar-refractivity contribution is 5.99. The summed E-state index contributed by atoms with van der Waals surface area (Å²) in [6.45, 7) is 2.83. The van der Waals surface area contributed by atoms with Gasteiger partial charge >= 0.3 is 6.03 Å². The molecule has 0 spiro atoms. The first-order chi connectivity index (χ1) is 14.4. The van der Waals surface area contributed by atoms with Crippen LogP contribution >= 0.6 is 0 Å². The predicted molar refractivity (Wildman–Crippen MR) is 112 cm³/mol. The standard InChI is InChI=1S/C21H30N4O5/c1-4-9-23-21(28)24-13-5-8-17-15(10-13)20(27)25(3)16-7-6-14(11-19(26)22-2)30-18(16)12-29-17/h5,8,10,14,16,18H,4,6-7,9,11-12H2,1-3H3,(H,22,26)(H2,23,24,28)/t14-,16+,18+/m1/s1. The third-order valence-corrected chi connectivity index (χ3v) is 5.50. The first-order valence-electron chi connectivity index (χ1n) is 10.4. The number of anilines is 1. The van der Waals surface area contributed by atoms with Gasteiger partial charge < -0.3 is 30.3 Å². The molecule has 9 heteroatoms. The Morgan fingerprint density at radius 3 is 2.80 bits per heavy atom. The molecule has 0 aliphatic carbocycles. The van der Waals surface area contributed by atoms with Crippen molar-refractivity contribution in [3.8, 4) is 5.75 Å². The summed E-state index contributed by atoms with van der Waals surface area (Å²) in [6, 6.07) is 4.57. The fourth-order valence-electron chi connectivity index (χ4n) is 3.83. The molecule has 3 atom stereocenters. The Kier molecular flexibility index (Phi) is 7.15. The normalized spacial score (nSPS) is 23.2. The molecular weight excluding hydrogens is 388 g/mol. The molecule has 1 fully saturated rings. The van der Waals surface area contributed by atoms with Gasteiger partial charge in [-0.05, 0) is 37.5 Å². The molecule has 0 bridgehead atoms. The summed E-state index contributed by atoms with van der Waals surface area (Å²) in [5, 5.41) is 8.10. The van der Waals surface area contributed by atoms with E-state index in [1.54, 1.807) is 37.2 Å². The second kappa shape index (κ2) is 9.80. The fraction of sp³-hybridized carbons (Fsp3) is 0.571. The Morgan fingerprint density at radius 2 is 2.07 bits per heavy atom. The number of hydrogen-bond acceptors (Lipinski definition) is 5. The van der Waals surface area contributed by atoms with Gasteiger partial charge in [0.1, 0.15) is 18.5 Å². The van der Waals surface area contributed by atoms with E-state index in [0.717, 1.165) is 12.8 Å². The molecule has 3 rings (SSSR count). The summed E-state index contributed by atoms with van der Waals surface area (Å²) in [5.41, 5.74) is 0.923. The van der Waals surface area contributed by atoms with E-state index in [0.29, 0.717) is 36.4 Å². The molecule has 2 aliphatic rings. The minimum absolute atomic E-state index is 0.0667. The van der Waals surface area contributed by atoms with Crippen LogP contribution in [0.1, 0.15) is 43.0 Å². The molecule has 0 saturated carbocycles. The number of benzene rings is 1. The molecule has 0 unspecified atom stereocenters. The quantitative estimate of drug-likeness (QED) is 0.675. The number of carbonyl (C=O) groups excluding carboxylic acids is 3. The van der Waals surface area contributed by atoms with Crippen molar-refractivity contribution in [2.75, 3.05) is 32.6 Å². The Bertz CT molecular complexity index is 800. The number of nitrogens with one attached hydrogen (secondary N) is 3. The van der Waals surface area contributed by atoms with Crippen molar-refractivity contribution in [1.29, 1.82) is 0 Å². The van der Waals surface area contributed by atoms with Crippen LogP contribution in [0.3, 0.4) is 0 Å². The molecule has 1 aromatic rings. The van der Waals surface area contributed by atoms with Crippen LogP contribution in [0.4, 0.5) is 10.5 Å². The average Bonchev–Trinajstić information content (AvgIpc) is 2.75. The second-order valence-electron chi connectivity index (χ2n) is 7.64. The number of ether oxygens (including phenoxy) is 2. The number of fused-ring (bicyclic) bond motifs is 2. The molecule has 1 aromatic carbocycles. The van der Waals surface area contributed by atoms with Crippen LogP contribution in [0.15, 0.2) is 18.2 Å². The zero-order valence-corrected chi connectivity index (χ0v) is 17.7. The van der Waals surface area contributed by atoms with E-state index in [2.05, 4.69) is 16.0 Å². The molecule has 2 aliphatic heterocycles. The molecule has 1 saturated heterocycles. The molecule has 2 heterocycles. The molecule has 0 aromatic heterocycles. The second-order valence-corrected chi connectivity index (χ2v) is 7.64. The van der Waals surface area contributed by atoms with Gasteiger partial charge in [-0.1, -0.05) is 6.92 Å². The maximum absolute atomic E-state index is 13.2. The molecular formula is C21H30N4O5. The zero-order valence-electron chi connectivity index (χ0n) is 17.7. The number of amides is 4. The van der Waals surface area contributed by atoms with Gasteiger partial charge in [0.15, 0.2) is 0 Å². The number of hydrogen-bond donors (Lipinski definition) is 3. The Morgan fingerprint density at radius 1 is 1.27 bits per heavy atom. The van der Waals surface area contributed by atoms with Crippen LogP contribution in [0.25, 0.3) is 0 Å². The van der Waals surface area contributed by atoms with Gasteiger partial charge in [-0.3, -0.25) is 9.59 Å². The number of nitrogens with zero attached hydrogens (tertiary/aromatic N) is 1. The molecule has 0 radical (unpaired) electrons. The minimum Gasteiger partial charge on any atom is -0.490 e. The summed E-state index contributed by atoms with van der Waals surface area (Å²) in [4.78, 5) is 38.5. The summed E-state index contributed by atoms with van der Waals surface area (Å²) >= 11 is 0. The van der Waals surface area contributed by atoms with Crippen molar-refractivity contribution in [2.45, 2.75) is 50.9 Å². The minimum atomic E-state index is -0.313. The lowest BCUT2D eigenvalue weighted by Crippen LogP contribution is -2.53. The Balaban J connectivity index is 1.74. The molecule has 30 heavy (non-hydrogen) atoms. The van der Waals surface area contributed by atoms with Crippen LogP contribution in [-0.4, -0.2) is 68.2 Å². The topological polar surface area (TPSA) is 109 Å². The number of likely N-dealkylation sites (N-methyl/N-ethyl adjacent to an activating group) is 1. The van der Waals surface area contributed by atoms with E-state index in [9.17, 15) is 14.4 Å². The predicted octanol–water partition coefficient (Wildman–Crippen LogP) is 1.73. The van der Waals surface area contributed by atoms with Gasteiger partial charge in [-0.15, -0.1) is 0 Å². The number of urea groups is 1. The molecule has 3 N–H and O–H groups in total. The average molecular weight is 418 g/mol. The van der Waals surface area contributed by atoms with Crippen molar-refractivity contribution < 1.29 is 23.9 Å². The van der Waals surface area contributed by atoms with Gasteiger partial charge in [0.05, 0.1) is 24.1 Å². The lowest BCUT2D eigenvalue weighted by Gasteiger charge is -2.42.